The quantitative estimate of drug-likeness (QED) is 0.734. The fourth-order valence-electron chi connectivity index (χ4n) is 4.04. The van der Waals surface area contributed by atoms with Gasteiger partial charge in [-0.2, -0.15) is 5.10 Å². The molecule has 4 nitrogen and oxygen atoms in total. The first-order valence-corrected chi connectivity index (χ1v) is 9.33. The zero-order chi connectivity index (χ0) is 19.6. The van der Waals surface area contributed by atoms with Gasteiger partial charge in [0.1, 0.15) is 11.7 Å². The van der Waals surface area contributed by atoms with E-state index in [1.165, 1.54) is 23.6 Å². The third-order valence-electron chi connectivity index (χ3n) is 5.37. The minimum absolute atomic E-state index is 0.128. The lowest BCUT2D eigenvalue weighted by Gasteiger charge is -2.40. The van der Waals surface area contributed by atoms with Crippen LogP contribution < -0.4 is 5.32 Å². The van der Waals surface area contributed by atoms with Crippen molar-refractivity contribution in [3.8, 4) is 0 Å². The van der Waals surface area contributed by atoms with Gasteiger partial charge in [0.15, 0.2) is 0 Å². The van der Waals surface area contributed by atoms with E-state index in [4.69, 9.17) is 0 Å². The van der Waals surface area contributed by atoms with Crippen LogP contribution in [0.15, 0.2) is 52.7 Å². The van der Waals surface area contributed by atoms with Crippen molar-refractivity contribution >= 4 is 11.7 Å². The lowest BCUT2D eigenvalue weighted by molar-refractivity contribution is 0.118. The minimum atomic E-state index is -0.665. The third-order valence-corrected chi connectivity index (χ3v) is 5.37. The molecular weight excluding hydrogens is 348 g/mol. The molecule has 1 atom stereocenters. The van der Waals surface area contributed by atoms with E-state index >= 15 is 0 Å². The van der Waals surface area contributed by atoms with Crippen molar-refractivity contribution in [3.63, 3.8) is 0 Å². The van der Waals surface area contributed by atoms with Gasteiger partial charge >= 0.3 is 6.03 Å². The first-order chi connectivity index (χ1) is 12.9. The molecule has 1 N–H and O–H groups in total. The first-order valence-electron chi connectivity index (χ1n) is 9.33. The molecule has 6 heteroatoms. The zero-order valence-electron chi connectivity index (χ0n) is 16.0. The summed E-state index contributed by atoms with van der Waals surface area (Å²) >= 11 is 0. The van der Waals surface area contributed by atoms with Crippen LogP contribution in [0.2, 0.25) is 0 Å². The maximum atomic E-state index is 14.2. The van der Waals surface area contributed by atoms with E-state index in [9.17, 15) is 13.6 Å². The number of nitrogens with one attached hydrogen (secondary N) is 1. The molecule has 1 aromatic rings. The molecule has 0 fully saturated rings. The summed E-state index contributed by atoms with van der Waals surface area (Å²) in [5.41, 5.74) is 2.07. The summed E-state index contributed by atoms with van der Waals surface area (Å²) < 4.78 is 28.1. The molecule has 1 unspecified atom stereocenters. The highest BCUT2D eigenvalue weighted by atomic mass is 19.1. The van der Waals surface area contributed by atoms with Gasteiger partial charge in [-0.3, -0.25) is 0 Å². The van der Waals surface area contributed by atoms with E-state index in [1.807, 2.05) is 18.2 Å². The molecule has 0 saturated carbocycles. The van der Waals surface area contributed by atoms with Crippen LogP contribution in [0.1, 0.15) is 50.7 Å². The number of benzene rings is 1. The second kappa shape index (κ2) is 7.62. The van der Waals surface area contributed by atoms with Gasteiger partial charge in [0.05, 0.1) is 11.3 Å². The van der Waals surface area contributed by atoms with Gasteiger partial charge in [-0.05, 0) is 49.8 Å². The zero-order valence-corrected chi connectivity index (χ0v) is 16.0. The SMILES string of the molecule is CC/C(F)=C\C(C1=NN(C(=O)NC)C2(CCCc3ccccc32)C1)=C(/C)F. The normalized spacial score (nSPS) is 23.1. The number of aryl methyl sites for hydroxylation is 1. The number of nitrogens with zero attached hydrogens (tertiary/aromatic N) is 2. The molecule has 0 saturated heterocycles. The van der Waals surface area contributed by atoms with Crippen molar-refractivity contribution in [1.29, 1.82) is 0 Å². The van der Waals surface area contributed by atoms with Crippen LogP contribution in [0, 0.1) is 0 Å². The number of hydrogen-bond donors (Lipinski definition) is 1. The fourth-order valence-corrected chi connectivity index (χ4v) is 4.04. The second-order valence-electron chi connectivity index (χ2n) is 7.02. The molecule has 1 aliphatic heterocycles. The van der Waals surface area contributed by atoms with Gasteiger partial charge < -0.3 is 5.32 Å². The Bertz CT molecular complexity index is 840. The largest absolute Gasteiger partial charge is 0.340 e. The van der Waals surface area contributed by atoms with Crippen molar-refractivity contribution in [2.75, 3.05) is 7.05 Å². The van der Waals surface area contributed by atoms with Crippen molar-refractivity contribution in [2.45, 2.75) is 51.5 Å². The summed E-state index contributed by atoms with van der Waals surface area (Å²) in [5, 5.41) is 8.53. The van der Waals surface area contributed by atoms with Crippen LogP contribution in [-0.4, -0.2) is 23.8 Å². The Balaban J connectivity index is 2.12. The lowest BCUT2D eigenvalue weighted by Crippen LogP contribution is -2.48. The van der Waals surface area contributed by atoms with Crippen LogP contribution in [0.25, 0.3) is 0 Å². The van der Waals surface area contributed by atoms with E-state index in [0.717, 1.165) is 24.8 Å². The summed E-state index contributed by atoms with van der Waals surface area (Å²) in [7, 11) is 1.55. The molecular formula is C21H25F2N3O. The van der Waals surface area contributed by atoms with E-state index in [-0.39, 0.29) is 18.0 Å². The first kappa shape index (κ1) is 19.3. The van der Waals surface area contributed by atoms with Gasteiger partial charge in [0, 0.05) is 19.0 Å². The third kappa shape index (κ3) is 3.40. The van der Waals surface area contributed by atoms with E-state index in [2.05, 4.69) is 16.5 Å². The van der Waals surface area contributed by atoms with Crippen molar-refractivity contribution in [1.82, 2.24) is 10.3 Å². The molecule has 1 aliphatic carbocycles. The highest BCUT2D eigenvalue weighted by molar-refractivity contribution is 6.05. The maximum Gasteiger partial charge on any atom is 0.338 e. The molecule has 1 aromatic carbocycles. The number of allylic oxidation sites excluding steroid dienone is 4. The monoisotopic (exact) mass is 373 g/mol. The highest BCUT2D eigenvalue weighted by Crippen LogP contribution is 2.47. The Morgan fingerprint density at radius 3 is 2.78 bits per heavy atom. The summed E-state index contributed by atoms with van der Waals surface area (Å²) in [4.78, 5) is 12.6. The van der Waals surface area contributed by atoms with E-state index in [0.29, 0.717) is 12.1 Å². The molecule has 0 bridgehead atoms. The van der Waals surface area contributed by atoms with Crippen LogP contribution in [0.4, 0.5) is 13.6 Å². The number of fused-ring (bicyclic) bond motifs is 2. The average molecular weight is 373 g/mol. The Morgan fingerprint density at radius 2 is 2.11 bits per heavy atom. The van der Waals surface area contributed by atoms with Crippen molar-refractivity contribution in [3.05, 3.63) is 58.7 Å². The summed E-state index contributed by atoms with van der Waals surface area (Å²) in [6, 6.07) is 7.65. The van der Waals surface area contributed by atoms with Gasteiger partial charge in [-0.1, -0.05) is 31.2 Å². The molecule has 144 valence electrons. The Hall–Kier alpha value is -2.50. The summed E-state index contributed by atoms with van der Waals surface area (Å²) in [6.07, 6.45) is 4.30. The molecule has 3 rings (SSSR count). The number of amides is 2. The smallest absolute Gasteiger partial charge is 0.338 e. The Labute approximate surface area is 158 Å². The number of hydrazone groups is 1. The maximum absolute atomic E-state index is 14.2. The van der Waals surface area contributed by atoms with Crippen molar-refractivity contribution < 1.29 is 13.6 Å². The van der Waals surface area contributed by atoms with Gasteiger partial charge in [0.2, 0.25) is 0 Å². The summed E-state index contributed by atoms with van der Waals surface area (Å²) in [6.45, 7) is 2.96. The van der Waals surface area contributed by atoms with Crippen LogP contribution in [0.5, 0.6) is 0 Å². The van der Waals surface area contributed by atoms with Gasteiger partial charge in [0.25, 0.3) is 0 Å². The van der Waals surface area contributed by atoms with E-state index in [1.54, 1.807) is 14.0 Å². The summed E-state index contributed by atoms with van der Waals surface area (Å²) in [5.74, 6) is -0.920. The van der Waals surface area contributed by atoms with Gasteiger partial charge in [-0.15, -0.1) is 0 Å². The molecule has 27 heavy (non-hydrogen) atoms. The standard InChI is InChI=1S/C21H25F2N3O/c1-4-16(23)12-17(14(2)22)19-13-21(26(25-19)20(27)24-3)11-7-9-15-8-5-6-10-18(15)21/h5-6,8,10,12H,4,7,9,11,13H2,1-3H3,(H,24,27)/b16-12+,17-14-. The molecule has 1 spiro atoms. The number of hydrogen-bond acceptors (Lipinski definition) is 2. The highest BCUT2D eigenvalue weighted by Gasteiger charge is 2.49. The van der Waals surface area contributed by atoms with Gasteiger partial charge in [-0.25, -0.2) is 18.6 Å². The number of urea groups is 1. The average Bonchev–Trinajstić information content (AvgIpc) is 3.04. The Morgan fingerprint density at radius 1 is 1.37 bits per heavy atom. The minimum Gasteiger partial charge on any atom is -0.340 e. The number of carbonyl (C=O) groups excluding carboxylic acids is 1. The fraction of sp³-hybridized carbons (Fsp3) is 0.429. The number of rotatable bonds is 3. The number of halogens is 2. The lowest BCUT2D eigenvalue weighted by atomic mass is 9.73. The van der Waals surface area contributed by atoms with Crippen LogP contribution >= 0.6 is 0 Å². The molecule has 2 aliphatic rings. The predicted octanol–water partition coefficient (Wildman–Crippen LogP) is 5.13. The van der Waals surface area contributed by atoms with Crippen LogP contribution in [0.3, 0.4) is 0 Å². The molecule has 1 heterocycles. The molecule has 0 radical (unpaired) electrons. The van der Waals surface area contributed by atoms with Crippen LogP contribution in [-0.2, 0) is 12.0 Å². The topological polar surface area (TPSA) is 44.7 Å². The molecule has 0 aromatic heterocycles. The Kier molecular flexibility index (Phi) is 5.44. The molecule has 2 amide bonds. The predicted molar refractivity (Wildman–Crippen MR) is 103 cm³/mol. The van der Waals surface area contributed by atoms with E-state index < -0.39 is 17.2 Å². The van der Waals surface area contributed by atoms with Crippen molar-refractivity contribution in [2.24, 2.45) is 5.10 Å². The second-order valence-corrected chi connectivity index (χ2v) is 7.02. The number of carbonyl (C=O) groups is 1.